The smallest absolute Gasteiger partial charge is 0.0951 e. The third-order valence-electron chi connectivity index (χ3n) is 7.27. The highest BCUT2D eigenvalue weighted by atomic mass is 16.3. The highest BCUT2D eigenvalue weighted by Crippen LogP contribution is 2.48. The molecule has 0 amide bonds. The summed E-state index contributed by atoms with van der Waals surface area (Å²) in [5.41, 5.74) is 3.30. The van der Waals surface area contributed by atoms with E-state index in [-0.39, 0.29) is 0 Å². The minimum Gasteiger partial charge on any atom is -0.385 e. The van der Waals surface area contributed by atoms with Gasteiger partial charge in [0, 0.05) is 49.3 Å². The lowest BCUT2D eigenvalue weighted by atomic mass is 9.66. The summed E-state index contributed by atoms with van der Waals surface area (Å²) in [7, 11) is 2.09. The molecule has 0 unspecified atom stereocenters. The highest BCUT2D eigenvalue weighted by Gasteiger charge is 2.49. The summed E-state index contributed by atoms with van der Waals surface area (Å²) in [6.45, 7) is 1.96. The van der Waals surface area contributed by atoms with Crippen LogP contribution in [0, 0.1) is 5.92 Å². The normalized spacial score (nSPS) is 31.6. The van der Waals surface area contributed by atoms with Gasteiger partial charge in [0.1, 0.15) is 0 Å². The Morgan fingerprint density at radius 3 is 2.67 bits per heavy atom. The van der Waals surface area contributed by atoms with Gasteiger partial charge in [0.05, 0.1) is 11.8 Å². The average molecular weight is 366 g/mol. The lowest BCUT2D eigenvalue weighted by molar-refractivity contribution is -0.123. The number of aromatic nitrogens is 2. The number of likely N-dealkylation sites (tertiary alicyclic amines) is 1. The van der Waals surface area contributed by atoms with Crippen LogP contribution in [0.5, 0.6) is 0 Å². The summed E-state index contributed by atoms with van der Waals surface area (Å²) in [6, 6.07) is 10.9. The maximum Gasteiger partial charge on any atom is 0.0951 e. The number of aryl methyl sites for hydroxylation is 1. The van der Waals surface area contributed by atoms with Gasteiger partial charge in [-0.1, -0.05) is 43.2 Å². The minimum atomic E-state index is -0.670. The number of hydrogen-bond donors (Lipinski definition) is 1. The quantitative estimate of drug-likeness (QED) is 0.892. The second kappa shape index (κ2) is 6.75. The van der Waals surface area contributed by atoms with Crippen LogP contribution in [-0.2, 0) is 19.2 Å². The summed E-state index contributed by atoms with van der Waals surface area (Å²) >= 11 is 0. The summed E-state index contributed by atoms with van der Waals surface area (Å²) in [5.74, 6) is 1.06. The van der Waals surface area contributed by atoms with Crippen LogP contribution in [0.4, 0.5) is 0 Å². The molecular weight excluding hydrogens is 334 g/mol. The maximum absolute atomic E-state index is 11.7. The first-order chi connectivity index (χ1) is 13.2. The van der Waals surface area contributed by atoms with E-state index in [2.05, 4.69) is 52.2 Å². The molecule has 3 fully saturated rings. The van der Waals surface area contributed by atoms with Gasteiger partial charge >= 0.3 is 0 Å². The molecule has 1 N–H and O–H groups in total. The molecule has 2 heterocycles. The number of piperidine rings is 1. The number of benzene rings is 1. The van der Waals surface area contributed by atoms with Crippen molar-refractivity contribution in [3.63, 3.8) is 0 Å². The van der Waals surface area contributed by atoms with E-state index in [4.69, 9.17) is 0 Å². The van der Waals surface area contributed by atoms with E-state index in [1.807, 2.05) is 6.07 Å². The third-order valence-corrected chi connectivity index (χ3v) is 7.27. The van der Waals surface area contributed by atoms with Crippen molar-refractivity contribution in [2.24, 2.45) is 13.0 Å². The van der Waals surface area contributed by atoms with Gasteiger partial charge in [-0.15, -0.1) is 0 Å². The van der Waals surface area contributed by atoms with Crippen LogP contribution >= 0.6 is 0 Å². The van der Waals surface area contributed by atoms with E-state index >= 15 is 0 Å². The summed E-state index contributed by atoms with van der Waals surface area (Å²) in [5, 5.41) is 16.3. The van der Waals surface area contributed by atoms with Gasteiger partial charge in [0.25, 0.3) is 0 Å². The average Bonchev–Trinajstić information content (AvgIpc) is 3.48. The summed E-state index contributed by atoms with van der Waals surface area (Å²) in [4.78, 5) is 2.66. The zero-order valence-corrected chi connectivity index (χ0v) is 16.3. The van der Waals surface area contributed by atoms with Crippen molar-refractivity contribution >= 4 is 0 Å². The molecule has 3 aliphatic rings. The molecular formula is C23H31N3O. The van der Waals surface area contributed by atoms with Crippen LogP contribution in [-0.4, -0.2) is 32.4 Å². The van der Waals surface area contributed by atoms with Crippen LogP contribution in [0.3, 0.4) is 0 Å². The van der Waals surface area contributed by atoms with Crippen molar-refractivity contribution in [3.8, 4) is 0 Å². The van der Waals surface area contributed by atoms with Crippen LogP contribution in [0.25, 0.3) is 0 Å². The Kier molecular flexibility index (Phi) is 4.36. The van der Waals surface area contributed by atoms with Crippen LogP contribution in [0.2, 0.25) is 0 Å². The molecule has 1 aromatic carbocycles. The Bertz CT molecular complexity index is 797. The molecule has 4 nitrogen and oxygen atoms in total. The number of rotatable bonds is 4. The van der Waals surface area contributed by atoms with E-state index in [1.165, 1.54) is 43.4 Å². The maximum atomic E-state index is 11.7. The fourth-order valence-electron chi connectivity index (χ4n) is 5.77. The molecule has 3 atom stereocenters. The second-order valence-electron chi connectivity index (χ2n) is 8.92. The molecule has 1 aromatic heterocycles. The van der Waals surface area contributed by atoms with Gasteiger partial charge in [-0.3, -0.25) is 9.58 Å². The second-order valence-corrected chi connectivity index (χ2v) is 8.92. The SMILES string of the molecule is Cn1ncc(CN2CC[C@](O)(c3ccccc3)[C@@H]3CCCC[C@H]32)c1C1CC1. The van der Waals surface area contributed by atoms with Crippen molar-refractivity contribution in [1.82, 2.24) is 14.7 Å². The molecule has 4 heteroatoms. The van der Waals surface area contributed by atoms with Gasteiger partial charge in [0.2, 0.25) is 0 Å². The molecule has 2 aromatic rings. The van der Waals surface area contributed by atoms with Gasteiger partial charge < -0.3 is 5.11 Å². The number of nitrogens with zero attached hydrogens (tertiary/aromatic N) is 3. The largest absolute Gasteiger partial charge is 0.385 e. The van der Waals surface area contributed by atoms with Gasteiger partial charge in [-0.2, -0.15) is 5.10 Å². The number of aliphatic hydroxyl groups is 1. The molecule has 0 spiro atoms. The molecule has 27 heavy (non-hydrogen) atoms. The fraction of sp³-hybridized carbons (Fsp3) is 0.609. The first kappa shape index (κ1) is 17.4. The van der Waals surface area contributed by atoms with Crippen molar-refractivity contribution in [3.05, 3.63) is 53.3 Å². The topological polar surface area (TPSA) is 41.3 Å². The van der Waals surface area contributed by atoms with E-state index in [0.29, 0.717) is 12.0 Å². The van der Waals surface area contributed by atoms with Crippen LogP contribution in [0.1, 0.15) is 67.7 Å². The predicted molar refractivity (Wildman–Crippen MR) is 106 cm³/mol. The Labute approximate surface area is 162 Å². The Balaban J connectivity index is 1.42. The first-order valence-corrected chi connectivity index (χ1v) is 10.7. The van der Waals surface area contributed by atoms with Gasteiger partial charge in [-0.05, 0) is 37.7 Å². The molecule has 2 aliphatic carbocycles. The van der Waals surface area contributed by atoms with E-state index in [0.717, 1.165) is 37.4 Å². The van der Waals surface area contributed by atoms with Crippen LogP contribution < -0.4 is 0 Å². The standard InChI is InChI=1S/C23H31N3O/c1-25-22(17-11-12-17)18(15-24-25)16-26-14-13-23(27,19-7-3-2-4-8-19)20-9-5-6-10-21(20)26/h2-4,7-8,15,17,20-21,27H,5-6,9-14,16H2,1H3/t20-,21-,23+/m1/s1. The lowest BCUT2D eigenvalue weighted by Crippen LogP contribution is -2.57. The van der Waals surface area contributed by atoms with Crippen LogP contribution in [0.15, 0.2) is 36.5 Å². The van der Waals surface area contributed by atoms with Gasteiger partial charge in [0.15, 0.2) is 0 Å². The van der Waals surface area contributed by atoms with E-state index in [9.17, 15) is 5.11 Å². The molecule has 2 saturated carbocycles. The summed E-state index contributed by atoms with van der Waals surface area (Å²) in [6.07, 6.45) is 10.4. The van der Waals surface area contributed by atoms with Crippen molar-refractivity contribution in [2.75, 3.05) is 6.54 Å². The fourth-order valence-corrected chi connectivity index (χ4v) is 5.77. The monoisotopic (exact) mass is 365 g/mol. The molecule has 144 valence electrons. The van der Waals surface area contributed by atoms with Crippen molar-refractivity contribution < 1.29 is 5.11 Å². The van der Waals surface area contributed by atoms with Crippen molar-refractivity contribution in [1.29, 1.82) is 0 Å². The van der Waals surface area contributed by atoms with Gasteiger partial charge in [-0.25, -0.2) is 0 Å². The zero-order chi connectivity index (χ0) is 18.4. The lowest BCUT2D eigenvalue weighted by Gasteiger charge is -2.52. The zero-order valence-electron chi connectivity index (χ0n) is 16.3. The molecule has 1 aliphatic heterocycles. The van der Waals surface area contributed by atoms with E-state index in [1.54, 1.807) is 0 Å². The number of hydrogen-bond acceptors (Lipinski definition) is 3. The molecule has 5 rings (SSSR count). The van der Waals surface area contributed by atoms with Crippen molar-refractivity contribution in [2.45, 2.75) is 69.1 Å². The molecule has 1 saturated heterocycles. The molecule has 0 bridgehead atoms. The Morgan fingerprint density at radius 2 is 1.89 bits per heavy atom. The Hall–Kier alpha value is -1.65. The predicted octanol–water partition coefficient (Wildman–Crippen LogP) is 3.95. The third kappa shape index (κ3) is 3.03. The molecule has 0 radical (unpaired) electrons. The minimum absolute atomic E-state index is 0.337. The summed E-state index contributed by atoms with van der Waals surface area (Å²) < 4.78 is 2.09. The number of fused-ring (bicyclic) bond motifs is 1. The first-order valence-electron chi connectivity index (χ1n) is 10.7. The Morgan fingerprint density at radius 1 is 1.11 bits per heavy atom. The van der Waals surface area contributed by atoms with E-state index < -0.39 is 5.60 Å². The highest BCUT2D eigenvalue weighted by molar-refractivity contribution is 5.28.